The van der Waals surface area contributed by atoms with Crippen LogP contribution in [0.25, 0.3) is 11.1 Å². The molecule has 0 saturated carbocycles. The number of carbonyl (C=O) groups is 1. The van der Waals surface area contributed by atoms with Gasteiger partial charge in [-0.25, -0.2) is 0 Å². The van der Waals surface area contributed by atoms with E-state index in [4.69, 9.17) is 0 Å². The van der Waals surface area contributed by atoms with Gasteiger partial charge in [-0.3, -0.25) is 9.79 Å². The standard InChI is InChI=1S/C24H27N3O2/c1-24(2)25-13-12-22(26-24)27-16-20(23(28)29)15-21(27)14-17-8-10-19(11-9-17)18-6-4-3-5-7-18/h3-13,20-21,26H,14-16H2,1-2H3,(H,28,29). The van der Waals surface area contributed by atoms with E-state index >= 15 is 0 Å². The van der Waals surface area contributed by atoms with E-state index in [1.165, 1.54) is 16.7 Å². The molecule has 0 bridgehead atoms. The number of aliphatic carboxylic acids is 1. The maximum Gasteiger partial charge on any atom is 0.308 e. The maximum absolute atomic E-state index is 11.7. The van der Waals surface area contributed by atoms with Crippen LogP contribution in [0.15, 0.2) is 71.5 Å². The summed E-state index contributed by atoms with van der Waals surface area (Å²) >= 11 is 0. The van der Waals surface area contributed by atoms with Crippen LogP contribution in [0, 0.1) is 5.92 Å². The number of carboxylic acid groups (broad SMARTS) is 1. The highest BCUT2D eigenvalue weighted by molar-refractivity contribution is 5.74. The molecule has 2 atom stereocenters. The zero-order valence-electron chi connectivity index (χ0n) is 16.9. The van der Waals surface area contributed by atoms with Crippen molar-refractivity contribution in [2.75, 3.05) is 6.54 Å². The summed E-state index contributed by atoms with van der Waals surface area (Å²) in [4.78, 5) is 18.3. The lowest BCUT2D eigenvalue weighted by Gasteiger charge is -2.36. The largest absolute Gasteiger partial charge is 0.481 e. The third kappa shape index (κ3) is 4.34. The summed E-state index contributed by atoms with van der Waals surface area (Å²) in [5, 5.41) is 13.0. The van der Waals surface area contributed by atoms with Gasteiger partial charge in [-0.2, -0.15) is 0 Å². The summed E-state index contributed by atoms with van der Waals surface area (Å²) in [5.41, 5.74) is 3.23. The smallest absolute Gasteiger partial charge is 0.308 e. The Kier molecular flexibility index (Phi) is 5.14. The fourth-order valence-electron chi connectivity index (χ4n) is 4.17. The molecule has 5 nitrogen and oxygen atoms in total. The van der Waals surface area contributed by atoms with Gasteiger partial charge < -0.3 is 15.3 Å². The molecule has 1 saturated heterocycles. The Morgan fingerprint density at radius 1 is 1.14 bits per heavy atom. The molecule has 0 aliphatic carbocycles. The molecule has 2 aromatic rings. The fraction of sp³-hybridized carbons (Fsp3) is 0.333. The van der Waals surface area contributed by atoms with E-state index in [1.54, 1.807) is 0 Å². The average molecular weight is 389 g/mol. The van der Waals surface area contributed by atoms with Crippen LogP contribution in [-0.2, 0) is 11.2 Å². The summed E-state index contributed by atoms with van der Waals surface area (Å²) in [6.45, 7) is 4.54. The second kappa shape index (κ2) is 7.74. The molecule has 0 spiro atoms. The number of allylic oxidation sites excluding steroid dienone is 1. The number of hydrogen-bond acceptors (Lipinski definition) is 4. The van der Waals surface area contributed by atoms with Gasteiger partial charge >= 0.3 is 5.97 Å². The number of rotatable bonds is 5. The molecule has 2 aromatic carbocycles. The first kappa shape index (κ1) is 19.2. The minimum Gasteiger partial charge on any atom is -0.481 e. The van der Waals surface area contributed by atoms with Crippen LogP contribution < -0.4 is 5.32 Å². The van der Waals surface area contributed by atoms with Gasteiger partial charge in [0.2, 0.25) is 0 Å². The van der Waals surface area contributed by atoms with Gasteiger partial charge in [0.15, 0.2) is 0 Å². The zero-order chi connectivity index (χ0) is 20.4. The van der Waals surface area contributed by atoms with Gasteiger partial charge in [0.05, 0.1) is 5.92 Å². The van der Waals surface area contributed by atoms with Crippen molar-refractivity contribution >= 4 is 12.2 Å². The molecule has 5 heteroatoms. The molecule has 2 N–H and O–H groups in total. The highest BCUT2D eigenvalue weighted by Crippen LogP contribution is 2.31. The SMILES string of the molecule is CC1(C)N=CC=C(N2CC(C(=O)O)CC2Cc2ccc(-c3ccccc3)cc2)N1. The molecule has 150 valence electrons. The van der Waals surface area contributed by atoms with Crippen LogP contribution in [0.4, 0.5) is 0 Å². The summed E-state index contributed by atoms with van der Waals surface area (Å²) < 4.78 is 0. The average Bonchev–Trinajstić information content (AvgIpc) is 3.13. The van der Waals surface area contributed by atoms with E-state index in [0.29, 0.717) is 13.0 Å². The van der Waals surface area contributed by atoms with Crippen LogP contribution in [0.2, 0.25) is 0 Å². The monoisotopic (exact) mass is 389 g/mol. The number of nitrogens with zero attached hydrogens (tertiary/aromatic N) is 2. The topological polar surface area (TPSA) is 64.9 Å². The molecule has 29 heavy (non-hydrogen) atoms. The number of likely N-dealkylation sites (tertiary alicyclic amines) is 1. The van der Waals surface area contributed by atoms with E-state index in [2.05, 4.69) is 51.6 Å². The van der Waals surface area contributed by atoms with E-state index in [9.17, 15) is 9.90 Å². The Bertz CT molecular complexity index is 932. The molecule has 0 aromatic heterocycles. The molecule has 4 rings (SSSR count). The van der Waals surface area contributed by atoms with Gasteiger partial charge in [0.25, 0.3) is 0 Å². The van der Waals surface area contributed by atoms with E-state index in [-0.39, 0.29) is 17.6 Å². The Balaban J connectivity index is 1.53. The third-order valence-corrected chi connectivity index (χ3v) is 5.67. The van der Waals surface area contributed by atoms with Crippen LogP contribution in [-0.4, -0.2) is 40.4 Å². The van der Waals surface area contributed by atoms with Crippen molar-refractivity contribution in [1.29, 1.82) is 0 Å². The summed E-state index contributed by atoms with van der Waals surface area (Å²) in [6, 6.07) is 19.1. The summed E-state index contributed by atoms with van der Waals surface area (Å²) in [7, 11) is 0. The molecular formula is C24H27N3O2. The first-order valence-electron chi connectivity index (χ1n) is 10.1. The lowest BCUT2D eigenvalue weighted by Crippen LogP contribution is -2.46. The molecule has 2 aliphatic rings. The van der Waals surface area contributed by atoms with Crippen LogP contribution in [0.1, 0.15) is 25.8 Å². The number of hydrogen-bond donors (Lipinski definition) is 2. The third-order valence-electron chi connectivity index (χ3n) is 5.67. The van der Waals surface area contributed by atoms with Crippen molar-refractivity contribution in [2.24, 2.45) is 10.9 Å². The van der Waals surface area contributed by atoms with Gasteiger partial charge in [0, 0.05) is 18.8 Å². The first-order valence-corrected chi connectivity index (χ1v) is 10.1. The van der Waals surface area contributed by atoms with E-state index in [1.807, 2.05) is 44.3 Å². The van der Waals surface area contributed by atoms with Crippen LogP contribution >= 0.6 is 0 Å². The Morgan fingerprint density at radius 2 is 1.83 bits per heavy atom. The number of aliphatic imine (C=N–C) groups is 1. The number of benzene rings is 2. The fourth-order valence-corrected chi connectivity index (χ4v) is 4.17. The van der Waals surface area contributed by atoms with Crippen molar-refractivity contribution in [3.63, 3.8) is 0 Å². The highest BCUT2D eigenvalue weighted by Gasteiger charge is 2.38. The molecule has 1 fully saturated rings. The number of carboxylic acids is 1. The minimum absolute atomic E-state index is 0.139. The predicted molar refractivity (Wildman–Crippen MR) is 116 cm³/mol. The predicted octanol–water partition coefficient (Wildman–Crippen LogP) is 3.92. The van der Waals surface area contributed by atoms with Gasteiger partial charge in [0.1, 0.15) is 11.5 Å². The molecule has 2 heterocycles. The second-order valence-electron chi connectivity index (χ2n) is 8.36. The van der Waals surface area contributed by atoms with Gasteiger partial charge in [-0.05, 0) is 49.5 Å². The van der Waals surface area contributed by atoms with Crippen molar-refractivity contribution in [3.8, 4) is 11.1 Å². The van der Waals surface area contributed by atoms with Crippen molar-refractivity contribution < 1.29 is 9.90 Å². The molecule has 0 amide bonds. The minimum atomic E-state index is -0.721. The van der Waals surface area contributed by atoms with Crippen molar-refractivity contribution in [1.82, 2.24) is 10.2 Å². The normalized spacial score (nSPS) is 22.8. The Hall–Kier alpha value is -3.08. The molecule has 2 unspecified atom stereocenters. The molecular weight excluding hydrogens is 362 g/mol. The van der Waals surface area contributed by atoms with Crippen LogP contribution in [0.5, 0.6) is 0 Å². The van der Waals surface area contributed by atoms with E-state index in [0.717, 1.165) is 12.2 Å². The number of nitrogens with one attached hydrogen (secondary N) is 1. The highest BCUT2D eigenvalue weighted by atomic mass is 16.4. The lowest BCUT2D eigenvalue weighted by molar-refractivity contribution is -0.141. The van der Waals surface area contributed by atoms with Gasteiger partial charge in [-0.1, -0.05) is 54.6 Å². The Morgan fingerprint density at radius 3 is 2.48 bits per heavy atom. The van der Waals surface area contributed by atoms with Crippen molar-refractivity contribution in [3.05, 3.63) is 72.1 Å². The van der Waals surface area contributed by atoms with E-state index < -0.39 is 5.97 Å². The molecule has 2 aliphatic heterocycles. The summed E-state index contributed by atoms with van der Waals surface area (Å²) in [5.74, 6) is -0.116. The van der Waals surface area contributed by atoms with Gasteiger partial charge in [-0.15, -0.1) is 0 Å². The molecule has 0 radical (unpaired) electrons. The lowest BCUT2D eigenvalue weighted by atomic mass is 9.97. The van der Waals surface area contributed by atoms with Crippen molar-refractivity contribution in [2.45, 2.75) is 38.4 Å². The quantitative estimate of drug-likeness (QED) is 0.813. The summed E-state index contributed by atoms with van der Waals surface area (Å²) in [6.07, 6.45) is 5.22. The van der Waals surface area contributed by atoms with Crippen LogP contribution in [0.3, 0.4) is 0 Å². The zero-order valence-corrected chi connectivity index (χ0v) is 16.9. The first-order chi connectivity index (χ1) is 13.9. The Labute approximate surface area is 171 Å². The maximum atomic E-state index is 11.7. The second-order valence-corrected chi connectivity index (χ2v) is 8.36.